The predicted octanol–water partition coefficient (Wildman–Crippen LogP) is 2.26. The topological polar surface area (TPSA) is 20.3 Å². The summed E-state index contributed by atoms with van der Waals surface area (Å²) in [6, 6.07) is 0.272. The van der Waals surface area contributed by atoms with Crippen molar-refractivity contribution < 1.29 is 4.79 Å². The van der Waals surface area contributed by atoms with Crippen molar-refractivity contribution in [3.8, 4) is 0 Å². The lowest BCUT2D eigenvalue weighted by molar-refractivity contribution is -0.132. The fourth-order valence-corrected chi connectivity index (χ4v) is 1.49. The molecule has 1 aliphatic carbocycles. The number of amides is 1. The number of carbonyl (C=O) groups is 1. The molecule has 1 unspecified atom stereocenters. The van der Waals surface area contributed by atoms with Gasteiger partial charge in [-0.05, 0) is 39.5 Å². The van der Waals surface area contributed by atoms with Crippen LogP contribution in [0.4, 0.5) is 0 Å². The van der Waals surface area contributed by atoms with E-state index in [9.17, 15) is 4.79 Å². The van der Waals surface area contributed by atoms with Crippen molar-refractivity contribution in [2.24, 2.45) is 5.92 Å². The van der Waals surface area contributed by atoms with E-state index in [4.69, 9.17) is 11.6 Å². The van der Waals surface area contributed by atoms with Crippen molar-refractivity contribution in [3.63, 3.8) is 0 Å². The van der Waals surface area contributed by atoms with E-state index in [1.807, 2.05) is 18.7 Å². The minimum atomic E-state index is -0.388. The van der Waals surface area contributed by atoms with Crippen LogP contribution in [0.25, 0.3) is 0 Å². The Bertz CT molecular complexity index is 187. The minimum absolute atomic E-state index is 0.0727. The van der Waals surface area contributed by atoms with Gasteiger partial charge in [-0.25, -0.2) is 0 Å². The van der Waals surface area contributed by atoms with E-state index in [0.29, 0.717) is 0 Å². The highest BCUT2D eigenvalue weighted by Crippen LogP contribution is 2.30. The van der Waals surface area contributed by atoms with E-state index in [-0.39, 0.29) is 17.3 Å². The molecule has 0 aromatic carbocycles. The van der Waals surface area contributed by atoms with Gasteiger partial charge < -0.3 is 4.90 Å². The number of carbonyl (C=O) groups excluding carboxylic acids is 1. The Kier molecular flexibility index (Phi) is 3.60. The SMILES string of the molecule is CC(Cl)C(=O)N(CC1CC1)C(C)C. The van der Waals surface area contributed by atoms with Crippen LogP contribution in [0.15, 0.2) is 0 Å². The second kappa shape index (κ2) is 4.32. The molecular formula is C10H18ClNO. The van der Waals surface area contributed by atoms with E-state index >= 15 is 0 Å². The third-order valence-electron chi connectivity index (χ3n) is 2.40. The number of nitrogens with zero attached hydrogens (tertiary/aromatic N) is 1. The molecule has 0 aromatic rings. The lowest BCUT2D eigenvalue weighted by Gasteiger charge is -2.27. The Morgan fingerprint density at radius 1 is 1.46 bits per heavy atom. The van der Waals surface area contributed by atoms with Crippen LogP contribution in [0.3, 0.4) is 0 Å². The highest BCUT2D eigenvalue weighted by molar-refractivity contribution is 6.30. The molecule has 0 aliphatic heterocycles. The van der Waals surface area contributed by atoms with Gasteiger partial charge in [0.15, 0.2) is 0 Å². The zero-order valence-corrected chi connectivity index (χ0v) is 9.34. The second-order valence-corrected chi connectivity index (χ2v) is 4.80. The molecular weight excluding hydrogens is 186 g/mol. The number of rotatable bonds is 4. The predicted molar refractivity (Wildman–Crippen MR) is 54.9 cm³/mol. The molecule has 0 spiro atoms. The van der Waals surface area contributed by atoms with Crippen molar-refractivity contribution in [1.82, 2.24) is 4.90 Å². The number of halogens is 1. The summed E-state index contributed by atoms with van der Waals surface area (Å²) in [5.41, 5.74) is 0. The molecule has 1 rings (SSSR count). The molecule has 1 atom stereocenters. The van der Waals surface area contributed by atoms with Crippen LogP contribution < -0.4 is 0 Å². The number of hydrogen-bond donors (Lipinski definition) is 0. The standard InChI is InChI=1S/C10H18ClNO/c1-7(2)12(6-9-4-5-9)10(13)8(3)11/h7-9H,4-6H2,1-3H3. The third-order valence-corrected chi connectivity index (χ3v) is 2.59. The van der Waals surface area contributed by atoms with Crippen LogP contribution in [-0.2, 0) is 4.79 Å². The highest BCUT2D eigenvalue weighted by Gasteiger charge is 2.29. The van der Waals surface area contributed by atoms with E-state index in [2.05, 4.69) is 0 Å². The van der Waals surface area contributed by atoms with E-state index < -0.39 is 0 Å². The zero-order chi connectivity index (χ0) is 10.0. The quantitative estimate of drug-likeness (QED) is 0.642. The van der Waals surface area contributed by atoms with Crippen LogP contribution in [0.5, 0.6) is 0 Å². The monoisotopic (exact) mass is 203 g/mol. The van der Waals surface area contributed by atoms with E-state index in [0.717, 1.165) is 12.5 Å². The van der Waals surface area contributed by atoms with Crippen molar-refractivity contribution in [2.75, 3.05) is 6.54 Å². The van der Waals surface area contributed by atoms with E-state index in [1.165, 1.54) is 12.8 Å². The molecule has 76 valence electrons. The van der Waals surface area contributed by atoms with Gasteiger partial charge in [0.1, 0.15) is 5.38 Å². The molecule has 13 heavy (non-hydrogen) atoms. The normalized spacial score (nSPS) is 18.8. The molecule has 1 saturated carbocycles. The summed E-state index contributed by atoms with van der Waals surface area (Å²) in [4.78, 5) is 13.5. The molecule has 0 aromatic heterocycles. The van der Waals surface area contributed by atoms with Gasteiger partial charge in [-0.2, -0.15) is 0 Å². The van der Waals surface area contributed by atoms with Crippen LogP contribution >= 0.6 is 11.6 Å². The molecule has 1 amide bonds. The minimum Gasteiger partial charge on any atom is -0.339 e. The van der Waals surface area contributed by atoms with E-state index in [1.54, 1.807) is 6.92 Å². The Morgan fingerprint density at radius 2 is 2.00 bits per heavy atom. The van der Waals surface area contributed by atoms with Crippen LogP contribution in [0.1, 0.15) is 33.6 Å². The van der Waals surface area contributed by atoms with Gasteiger partial charge in [0.05, 0.1) is 0 Å². The van der Waals surface area contributed by atoms with Gasteiger partial charge in [-0.3, -0.25) is 4.79 Å². The second-order valence-electron chi connectivity index (χ2n) is 4.14. The Morgan fingerprint density at radius 3 is 2.31 bits per heavy atom. The first-order valence-corrected chi connectivity index (χ1v) is 5.40. The van der Waals surface area contributed by atoms with Gasteiger partial charge in [-0.15, -0.1) is 11.6 Å². The van der Waals surface area contributed by atoms with Crippen molar-refractivity contribution in [3.05, 3.63) is 0 Å². The van der Waals surface area contributed by atoms with Crippen molar-refractivity contribution in [2.45, 2.75) is 45.0 Å². The molecule has 0 heterocycles. The first-order chi connectivity index (χ1) is 6.02. The van der Waals surface area contributed by atoms with Crippen molar-refractivity contribution >= 4 is 17.5 Å². The lowest BCUT2D eigenvalue weighted by Crippen LogP contribution is -2.41. The van der Waals surface area contributed by atoms with Gasteiger partial charge in [0, 0.05) is 12.6 Å². The van der Waals surface area contributed by atoms with Gasteiger partial charge in [-0.1, -0.05) is 0 Å². The fraction of sp³-hybridized carbons (Fsp3) is 0.900. The molecule has 1 aliphatic rings. The lowest BCUT2D eigenvalue weighted by atomic mass is 10.2. The first kappa shape index (κ1) is 10.8. The van der Waals surface area contributed by atoms with Gasteiger partial charge in [0.25, 0.3) is 0 Å². The maximum atomic E-state index is 11.6. The fourth-order valence-electron chi connectivity index (χ4n) is 1.36. The molecule has 1 fully saturated rings. The smallest absolute Gasteiger partial charge is 0.240 e. The average molecular weight is 204 g/mol. The van der Waals surface area contributed by atoms with Crippen LogP contribution in [0, 0.1) is 5.92 Å². The summed E-state index contributed by atoms with van der Waals surface area (Å²) in [7, 11) is 0. The summed E-state index contributed by atoms with van der Waals surface area (Å²) in [5, 5.41) is -0.388. The summed E-state index contributed by atoms with van der Waals surface area (Å²) in [5.74, 6) is 0.810. The van der Waals surface area contributed by atoms with Gasteiger partial charge in [0.2, 0.25) is 5.91 Å². The molecule has 3 heteroatoms. The molecule has 0 bridgehead atoms. The molecule has 0 radical (unpaired) electrons. The first-order valence-electron chi connectivity index (χ1n) is 4.97. The number of alkyl halides is 1. The maximum absolute atomic E-state index is 11.6. The molecule has 0 N–H and O–H groups in total. The molecule has 0 saturated heterocycles. The number of hydrogen-bond acceptors (Lipinski definition) is 1. The molecule has 2 nitrogen and oxygen atoms in total. The third kappa shape index (κ3) is 3.18. The Balaban J connectivity index is 2.49. The summed E-state index contributed by atoms with van der Waals surface area (Å²) >= 11 is 5.78. The van der Waals surface area contributed by atoms with Crippen LogP contribution in [-0.4, -0.2) is 28.8 Å². The zero-order valence-electron chi connectivity index (χ0n) is 8.59. The highest BCUT2D eigenvalue weighted by atomic mass is 35.5. The summed E-state index contributed by atoms with van der Waals surface area (Å²) in [6.45, 7) is 6.72. The van der Waals surface area contributed by atoms with Crippen LogP contribution in [0.2, 0.25) is 0 Å². The average Bonchev–Trinajstić information content (AvgIpc) is 2.81. The summed E-state index contributed by atoms with van der Waals surface area (Å²) < 4.78 is 0. The largest absolute Gasteiger partial charge is 0.339 e. The Labute approximate surface area is 85.2 Å². The Hall–Kier alpha value is -0.240. The van der Waals surface area contributed by atoms with Gasteiger partial charge >= 0.3 is 0 Å². The summed E-state index contributed by atoms with van der Waals surface area (Å²) in [6.07, 6.45) is 2.54. The van der Waals surface area contributed by atoms with Crippen molar-refractivity contribution in [1.29, 1.82) is 0 Å². The maximum Gasteiger partial charge on any atom is 0.240 e.